The molecule has 0 saturated heterocycles. The summed E-state index contributed by atoms with van der Waals surface area (Å²) in [6.45, 7) is 1.69. The molecule has 0 unspecified atom stereocenters. The van der Waals surface area contributed by atoms with Gasteiger partial charge in [-0.15, -0.1) is 0 Å². The number of hydrogen-bond acceptors (Lipinski definition) is 5. The van der Waals surface area contributed by atoms with Crippen LogP contribution in [0.3, 0.4) is 0 Å². The van der Waals surface area contributed by atoms with Crippen molar-refractivity contribution >= 4 is 23.0 Å². The van der Waals surface area contributed by atoms with E-state index in [1.165, 1.54) is 0 Å². The second kappa shape index (κ2) is 5.49. The number of nitrogen functional groups attached to an aromatic ring is 1. The number of nitro groups is 1. The van der Waals surface area contributed by atoms with Gasteiger partial charge in [0.25, 0.3) is 11.6 Å². The predicted molar refractivity (Wildman–Crippen MR) is 78.3 cm³/mol. The number of nitrogens with zero attached hydrogens (tertiary/aromatic N) is 1. The monoisotopic (exact) mass is 287 g/mol. The molecular weight excluding hydrogens is 274 g/mol. The van der Waals surface area contributed by atoms with Gasteiger partial charge in [0.15, 0.2) is 0 Å². The van der Waals surface area contributed by atoms with Crippen LogP contribution < -0.4 is 11.1 Å². The van der Waals surface area contributed by atoms with E-state index in [4.69, 9.17) is 5.73 Å². The van der Waals surface area contributed by atoms with Crippen molar-refractivity contribution in [3.63, 3.8) is 0 Å². The van der Waals surface area contributed by atoms with Crippen LogP contribution in [0, 0.1) is 17.0 Å². The maximum absolute atomic E-state index is 12.2. The molecule has 0 aliphatic heterocycles. The third kappa shape index (κ3) is 2.92. The van der Waals surface area contributed by atoms with Crippen LogP contribution >= 0.6 is 0 Å². The summed E-state index contributed by atoms with van der Waals surface area (Å²) in [4.78, 5) is 22.3. The Labute approximate surface area is 120 Å². The highest BCUT2D eigenvalue weighted by molar-refractivity contribution is 6.06. The number of non-ortho nitro benzene ring substituents is 1. The van der Waals surface area contributed by atoms with Gasteiger partial charge >= 0.3 is 0 Å². The standard InChI is InChI=1S/C14H13N3O4/c1-8-10(3-2-4-11(8)15)14(19)16-12-7-9(17(20)21)5-6-13(12)18/h2-7,18H,15H2,1H3,(H,16,19). The number of nitro benzene ring substituents is 1. The highest BCUT2D eigenvalue weighted by Crippen LogP contribution is 2.28. The molecule has 2 aromatic carbocycles. The van der Waals surface area contributed by atoms with E-state index in [1.54, 1.807) is 25.1 Å². The molecule has 0 heterocycles. The lowest BCUT2D eigenvalue weighted by molar-refractivity contribution is -0.384. The topological polar surface area (TPSA) is 118 Å². The zero-order valence-electron chi connectivity index (χ0n) is 11.2. The average Bonchev–Trinajstić information content (AvgIpc) is 2.43. The minimum Gasteiger partial charge on any atom is -0.506 e. The Hall–Kier alpha value is -3.09. The molecule has 0 saturated carbocycles. The number of benzene rings is 2. The summed E-state index contributed by atoms with van der Waals surface area (Å²) < 4.78 is 0. The lowest BCUT2D eigenvalue weighted by Gasteiger charge is -2.10. The van der Waals surface area contributed by atoms with Gasteiger partial charge in [-0.05, 0) is 30.7 Å². The molecule has 0 bridgehead atoms. The molecule has 7 nitrogen and oxygen atoms in total. The molecule has 0 atom stereocenters. The van der Waals surface area contributed by atoms with Gasteiger partial charge in [-0.2, -0.15) is 0 Å². The summed E-state index contributed by atoms with van der Waals surface area (Å²) in [6, 6.07) is 8.27. The Morgan fingerprint density at radius 3 is 2.71 bits per heavy atom. The van der Waals surface area contributed by atoms with E-state index in [0.717, 1.165) is 18.2 Å². The third-order valence-electron chi connectivity index (χ3n) is 3.06. The van der Waals surface area contributed by atoms with Crippen LogP contribution in [-0.2, 0) is 0 Å². The molecule has 0 radical (unpaired) electrons. The number of rotatable bonds is 3. The Morgan fingerprint density at radius 2 is 2.05 bits per heavy atom. The van der Waals surface area contributed by atoms with Gasteiger partial charge < -0.3 is 16.2 Å². The number of nitrogens with one attached hydrogen (secondary N) is 1. The van der Waals surface area contributed by atoms with Gasteiger partial charge in [-0.3, -0.25) is 14.9 Å². The van der Waals surface area contributed by atoms with Gasteiger partial charge in [-0.25, -0.2) is 0 Å². The fraction of sp³-hybridized carbons (Fsp3) is 0.0714. The normalized spacial score (nSPS) is 10.1. The van der Waals surface area contributed by atoms with Gasteiger partial charge in [0, 0.05) is 23.4 Å². The number of carbonyl (C=O) groups is 1. The minimum absolute atomic E-state index is 0.0315. The van der Waals surface area contributed by atoms with Gasteiger partial charge in [-0.1, -0.05) is 6.07 Å². The molecule has 1 amide bonds. The molecule has 108 valence electrons. The van der Waals surface area contributed by atoms with Crippen molar-refractivity contribution in [3.8, 4) is 5.75 Å². The third-order valence-corrected chi connectivity index (χ3v) is 3.06. The van der Waals surface area contributed by atoms with Gasteiger partial charge in [0.05, 0.1) is 10.6 Å². The van der Waals surface area contributed by atoms with Crippen molar-refractivity contribution in [1.29, 1.82) is 0 Å². The highest BCUT2D eigenvalue weighted by Gasteiger charge is 2.15. The molecule has 0 aliphatic carbocycles. The predicted octanol–water partition coefficient (Wildman–Crippen LogP) is 2.44. The van der Waals surface area contributed by atoms with E-state index in [1.807, 2.05) is 0 Å². The Balaban J connectivity index is 2.33. The average molecular weight is 287 g/mol. The van der Waals surface area contributed by atoms with Crippen LogP contribution in [0.5, 0.6) is 5.75 Å². The molecular formula is C14H13N3O4. The maximum atomic E-state index is 12.2. The van der Waals surface area contributed by atoms with Crippen LogP contribution in [0.1, 0.15) is 15.9 Å². The van der Waals surface area contributed by atoms with Crippen molar-refractivity contribution in [3.05, 3.63) is 57.6 Å². The van der Waals surface area contributed by atoms with Crippen LogP contribution in [0.4, 0.5) is 17.1 Å². The van der Waals surface area contributed by atoms with E-state index in [0.29, 0.717) is 16.8 Å². The molecule has 0 spiro atoms. The Kier molecular flexibility index (Phi) is 3.75. The lowest BCUT2D eigenvalue weighted by atomic mass is 10.1. The number of phenols is 1. The Bertz CT molecular complexity index is 728. The summed E-state index contributed by atoms with van der Waals surface area (Å²) in [5, 5.41) is 22.8. The molecule has 2 aromatic rings. The first kappa shape index (κ1) is 14.3. The zero-order chi connectivity index (χ0) is 15.6. The van der Waals surface area contributed by atoms with E-state index >= 15 is 0 Å². The maximum Gasteiger partial charge on any atom is 0.271 e. The largest absolute Gasteiger partial charge is 0.506 e. The molecule has 2 rings (SSSR count). The van der Waals surface area contributed by atoms with Crippen molar-refractivity contribution in [1.82, 2.24) is 0 Å². The van der Waals surface area contributed by atoms with Crippen LogP contribution in [-0.4, -0.2) is 15.9 Å². The van der Waals surface area contributed by atoms with Gasteiger partial charge in [0.1, 0.15) is 5.75 Å². The van der Waals surface area contributed by atoms with Crippen LogP contribution in [0.15, 0.2) is 36.4 Å². The van der Waals surface area contributed by atoms with Crippen molar-refractivity contribution in [2.75, 3.05) is 11.1 Å². The van der Waals surface area contributed by atoms with E-state index in [-0.39, 0.29) is 17.1 Å². The van der Waals surface area contributed by atoms with E-state index in [2.05, 4.69) is 5.32 Å². The first-order valence-corrected chi connectivity index (χ1v) is 6.04. The van der Waals surface area contributed by atoms with E-state index < -0.39 is 10.8 Å². The summed E-state index contributed by atoms with van der Waals surface area (Å²) in [5.74, 6) is -0.758. The first-order valence-electron chi connectivity index (χ1n) is 6.04. The van der Waals surface area contributed by atoms with Crippen LogP contribution in [0.2, 0.25) is 0 Å². The smallest absolute Gasteiger partial charge is 0.271 e. The Morgan fingerprint density at radius 1 is 1.33 bits per heavy atom. The first-order chi connectivity index (χ1) is 9.90. The molecule has 7 heteroatoms. The van der Waals surface area contributed by atoms with Gasteiger partial charge in [0.2, 0.25) is 0 Å². The number of aromatic hydroxyl groups is 1. The molecule has 4 N–H and O–H groups in total. The lowest BCUT2D eigenvalue weighted by Crippen LogP contribution is -2.14. The van der Waals surface area contributed by atoms with E-state index in [9.17, 15) is 20.0 Å². The number of phenolic OH excluding ortho intramolecular Hbond substituents is 1. The second-order valence-corrected chi connectivity index (χ2v) is 4.43. The summed E-state index contributed by atoms with van der Waals surface area (Å²) in [7, 11) is 0. The molecule has 0 aliphatic rings. The molecule has 21 heavy (non-hydrogen) atoms. The van der Waals surface area contributed by atoms with Crippen molar-refractivity contribution in [2.45, 2.75) is 6.92 Å². The SMILES string of the molecule is Cc1c(N)cccc1C(=O)Nc1cc([N+](=O)[O-])ccc1O. The highest BCUT2D eigenvalue weighted by atomic mass is 16.6. The fourth-order valence-corrected chi connectivity index (χ4v) is 1.83. The van der Waals surface area contributed by atoms with Crippen molar-refractivity contribution in [2.24, 2.45) is 0 Å². The summed E-state index contributed by atoms with van der Waals surface area (Å²) in [6.07, 6.45) is 0. The number of anilines is 2. The quantitative estimate of drug-likeness (QED) is 0.347. The summed E-state index contributed by atoms with van der Waals surface area (Å²) in [5.41, 5.74) is 6.86. The molecule has 0 aromatic heterocycles. The minimum atomic E-state index is -0.610. The number of hydrogen-bond donors (Lipinski definition) is 3. The number of nitrogens with two attached hydrogens (primary N) is 1. The second-order valence-electron chi connectivity index (χ2n) is 4.43. The fourth-order valence-electron chi connectivity index (χ4n) is 1.83. The number of amides is 1. The summed E-state index contributed by atoms with van der Waals surface area (Å²) >= 11 is 0. The number of carbonyl (C=O) groups excluding carboxylic acids is 1. The molecule has 0 fully saturated rings. The van der Waals surface area contributed by atoms with Crippen molar-refractivity contribution < 1.29 is 14.8 Å². The van der Waals surface area contributed by atoms with Crippen LogP contribution in [0.25, 0.3) is 0 Å². The zero-order valence-corrected chi connectivity index (χ0v) is 11.2.